The van der Waals surface area contributed by atoms with Gasteiger partial charge in [-0.15, -0.1) is 0 Å². The summed E-state index contributed by atoms with van der Waals surface area (Å²) in [5.74, 6) is -2.72. The molecule has 0 heterocycles. The normalized spacial score (nSPS) is 11.3. The molecular formula is C10H10F3NO2. The number of hydrogen-bond donors (Lipinski definition) is 1. The molecule has 6 heteroatoms. The van der Waals surface area contributed by atoms with Crippen molar-refractivity contribution < 1.29 is 23.1 Å². The zero-order valence-corrected chi connectivity index (χ0v) is 8.67. The number of rotatable bonds is 2. The highest BCUT2D eigenvalue weighted by atomic mass is 19.4. The third kappa shape index (κ3) is 2.44. The quantitative estimate of drug-likeness (QED) is 0.796. The molecule has 0 saturated carbocycles. The maximum Gasteiger partial charge on any atom is 0.455 e. The molecule has 0 fully saturated rings. The van der Waals surface area contributed by atoms with Crippen LogP contribution in [0.2, 0.25) is 0 Å². The topological polar surface area (TPSA) is 40.5 Å². The largest absolute Gasteiger partial charge is 0.507 e. The Morgan fingerprint density at radius 1 is 1.31 bits per heavy atom. The second-order valence-corrected chi connectivity index (χ2v) is 3.42. The van der Waals surface area contributed by atoms with Crippen LogP contribution in [-0.4, -0.2) is 31.2 Å². The van der Waals surface area contributed by atoms with E-state index in [0.717, 1.165) is 12.1 Å². The van der Waals surface area contributed by atoms with Crippen LogP contribution in [0, 0.1) is 0 Å². The summed E-state index contributed by atoms with van der Waals surface area (Å²) in [7, 11) is 3.33. The Hall–Kier alpha value is -1.72. The second-order valence-electron chi connectivity index (χ2n) is 3.42. The number of ketones is 1. The molecule has 1 rings (SSSR count). The summed E-state index contributed by atoms with van der Waals surface area (Å²) in [4.78, 5) is 12.5. The van der Waals surface area contributed by atoms with Gasteiger partial charge < -0.3 is 10.0 Å². The van der Waals surface area contributed by atoms with Crippen LogP contribution in [-0.2, 0) is 0 Å². The molecule has 0 radical (unpaired) electrons. The summed E-state index contributed by atoms with van der Waals surface area (Å²) in [6, 6.07) is 3.40. The van der Waals surface area contributed by atoms with Gasteiger partial charge in [0.15, 0.2) is 0 Å². The van der Waals surface area contributed by atoms with Crippen LogP contribution < -0.4 is 4.90 Å². The molecule has 0 amide bonds. The molecule has 88 valence electrons. The minimum atomic E-state index is -4.98. The highest BCUT2D eigenvalue weighted by Gasteiger charge is 2.40. The minimum absolute atomic E-state index is 0.510. The lowest BCUT2D eigenvalue weighted by Crippen LogP contribution is -2.23. The molecule has 0 unspecified atom stereocenters. The molecule has 1 N–H and O–H groups in total. The van der Waals surface area contributed by atoms with E-state index in [9.17, 15) is 23.1 Å². The molecule has 0 spiro atoms. The van der Waals surface area contributed by atoms with Gasteiger partial charge in [0.1, 0.15) is 5.75 Å². The SMILES string of the molecule is CN(C)c1ccc(C(=O)C(F)(F)F)c(O)c1. The number of nitrogens with zero attached hydrogens (tertiary/aromatic N) is 1. The van der Waals surface area contributed by atoms with Crippen molar-refractivity contribution in [3.8, 4) is 5.75 Å². The van der Waals surface area contributed by atoms with Crippen molar-refractivity contribution >= 4 is 11.5 Å². The third-order valence-electron chi connectivity index (χ3n) is 2.00. The van der Waals surface area contributed by atoms with Gasteiger partial charge in [0.25, 0.3) is 5.78 Å². The molecule has 0 atom stereocenters. The van der Waals surface area contributed by atoms with Crippen LogP contribution in [0.15, 0.2) is 18.2 Å². The first kappa shape index (κ1) is 12.4. The van der Waals surface area contributed by atoms with E-state index in [-0.39, 0.29) is 0 Å². The van der Waals surface area contributed by atoms with Gasteiger partial charge in [-0.05, 0) is 12.1 Å². The maximum absolute atomic E-state index is 12.1. The molecule has 0 aromatic heterocycles. The Labute approximate surface area is 90.1 Å². The van der Waals surface area contributed by atoms with Crippen LogP contribution in [0.5, 0.6) is 5.75 Å². The second kappa shape index (κ2) is 4.03. The molecule has 0 aliphatic rings. The monoisotopic (exact) mass is 233 g/mol. The number of anilines is 1. The lowest BCUT2D eigenvalue weighted by molar-refractivity contribution is -0.0886. The highest BCUT2D eigenvalue weighted by Crippen LogP contribution is 2.29. The van der Waals surface area contributed by atoms with E-state index in [0.29, 0.717) is 5.69 Å². The first-order chi connectivity index (χ1) is 7.23. The lowest BCUT2D eigenvalue weighted by Gasteiger charge is -2.14. The average Bonchev–Trinajstić information content (AvgIpc) is 2.15. The fourth-order valence-electron chi connectivity index (χ4n) is 1.14. The maximum atomic E-state index is 12.1. The number of aromatic hydroxyl groups is 1. The van der Waals surface area contributed by atoms with Crippen molar-refractivity contribution in [2.45, 2.75) is 6.18 Å². The average molecular weight is 233 g/mol. The Kier molecular flexibility index (Phi) is 3.11. The number of benzene rings is 1. The van der Waals surface area contributed by atoms with E-state index >= 15 is 0 Å². The van der Waals surface area contributed by atoms with Crippen LogP contribution >= 0.6 is 0 Å². The van der Waals surface area contributed by atoms with Crippen molar-refractivity contribution in [1.29, 1.82) is 0 Å². The summed E-state index contributed by atoms with van der Waals surface area (Å²) in [5.41, 5.74) is -0.227. The fourth-order valence-corrected chi connectivity index (χ4v) is 1.14. The first-order valence-electron chi connectivity index (χ1n) is 4.35. The molecule has 0 saturated heterocycles. The summed E-state index contributed by atoms with van der Waals surface area (Å²) in [6.07, 6.45) is -4.98. The van der Waals surface area contributed by atoms with Crippen molar-refractivity contribution in [2.24, 2.45) is 0 Å². The predicted octanol–water partition coefficient (Wildman–Crippen LogP) is 2.20. The smallest absolute Gasteiger partial charge is 0.455 e. The van der Waals surface area contributed by atoms with Crippen LogP contribution in [0.25, 0.3) is 0 Å². The highest BCUT2D eigenvalue weighted by molar-refractivity contribution is 6.02. The van der Waals surface area contributed by atoms with E-state index in [4.69, 9.17) is 0 Å². The molecule has 3 nitrogen and oxygen atoms in total. The van der Waals surface area contributed by atoms with E-state index in [2.05, 4.69) is 0 Å². The molecular weight excluding hydrogens is 223 g/mol. The zero-order chi connectivity index (χ0) is 12.5. The van der Waals surface area contributed by atoms with E-state index in [1.807, 2.05) is 0 Å². The summed E-state index contributed by atoms with van der Waals surface area (Å²) in [5, 5.41) is 9.33. The molecule has 0 aliphatic carbocycles. The van der Waals surface area contributed by atoms with Gasteiger partial charge >= 0.3 is 6.18 Å². The molecule has 0 aliphatic heterocycles. The number of carbonyl (C=O) groups excluding carboxylic acids is 1. The lowest BCUT2D eigenvalue weighted by atomic mass is 10.1. The fraction of sp³-hybridized carbons (Fsp3) is 0.300. The number of hydrogen-bond acceptors (Lipinski definition) is 3. The van der Waals surface area contributed by atoms with Crippen LogP contribution in [0.4, 0.5) is 18.9 Å². The van der Waals surface area contributed by atoms with Crippen molar-refractivity contribution in [1.82, 2.24) is 0 Å². The van der Waals surface area contributed by atoms with E-state index < -0.39 is 23.3 Å². The zero-order valence-electron chi connectivity index (χ0n) is 8.67. The number of phenols is 1. The molecule has 1 aromatic carbocycles. The standard InChI is InChI=1S/C10H10F3NO2/c1-14(2)6-3-4-7(8(15)5-6)9(16)10(11,12)13/h3-5,15H,1-2H3. The number of alkyl halides is 3. The Morgan fingerprint density at radius 3 is 2.25 bits per heavy atom. The predicted molar refractivity (Wildman–Crippen MR) is 52.8 cm³/mol. The van der Waals surface area contributed by atoms with Crippen LogP contribution in [0.1, 0.15) is 10.4 Å². The van der Waals surface area contributed by atoms with Gasteiger partial charge in [0.2, 0.25) is 0 Å². The number of halogens is 3. The van der Waals surface area contributed by atoms with Gasteiger partial charge in [0.05, 0.1) is 5.56 Å². The van der Waals surface area contributed by atoms with Gasteiger partial charge in [0, 0.05) is 25.8 Å². The van der Waals surface area contributed by atoms with Crippen molar-refractivity contribution in [3.63, 3.8) is 0 Å². The molecule has 0 bridgehead atoms. The third-order valence-corrected chi connectivity index (χ3v) is 2.00. The Bertz CT molecular complexity index is 413. The van der Waals surface area contributed by atoms with Gasteiger partial charge in [-0.25, -0.2) is 0 Å². The number of phenolic OH excluding ortho intramolecular Hbond substituents is 1. The number of carbonyl (C=O) groups is 1. The Morgan fingerprint density at radius 2 is 1.88 bits per heavy atom. The van der Waals surface area contributed by atoms with Gasteiger partial charge in [-0.1, -0.05) is 0 Å². The summed E-state index contributed by atoms with van der Waals surface area (Å²) < 4.78 is 36.3. The minimum Gasteiger partial charge on any atom is -0.507 e. The van der Waals surface area contributed by atoms with Gasteiger partial charge in [-0.2, -0.15) is 13.2 Å². The van der Waals surface area contributed by atoms with Crippen molar-refractivity contribution in [2.75, 3.05) is 19.0 Å². The number of Topliss-reactive ketones (excluding diaryl/α,β-unsaturated/α-hetero) is 1. The van der Waals surface area contributed by atoms with E-state index in [1.54, 1.807) is 19.0 Å². The molecule has 16 heavy (non-hydrogen) atoms. The summed E-state index contributed by atoms with van der Waals surface area (Å²) >= 11 is 0. The molecule has 1 aromatic rings. The summed E-state index contributed by atoms with van der Waals surface area (Å²) in [6.45, 7) is 0. The van der Waals surface area contributed by atoms with Crippen LogP contribution in [0.3, 0.4) is 0 Å². The van der Waals surface area contributed by atoms with Gasteiger partial charge in [-0.3, -0.25) is 4.79 Å². The first-order valence-corrected chi connectivity index (χ1v) is 4.35. The Balaban J connectivity index is 3.14. The van der Waals surface area contributed by atoms with Crippen molar-refractivity contribution in [3.05, 3.63) is 23.8 Å². The van der Waals surface area contributed by atoms with E-state index in [1.165, 1.54) is 6.07 Å².